The number of rotatable bonds is 4. The van der Waals surface area contributed by atoms with Gasteiger partial charge in [-0.25, -0.2) is 0 Å². The Morgan fingerprint density at radius 2 is 2.35 bits per heavy atom. The second-order valence-electron chi connectivity index (χ2n) is 5.11. The summed E-state index contributed by atoms with van der Waals surface area (Å²) < 4.78 is 0. The van der Waals surface area contributed by atoms with Gasteiger partial charge in [0.2, 0.25) is 5.91 Å². The third kappa shape index (κ3) is 2.24. The van der Waals surface area contributed by atoms with E-state index in [9.17, 15) is 4.79 Å². The highest BCUT2D eigenvalue weighted by Gasteiger charge is 2.37. The molecule has 0 bridgehead atoms. The van der Waals surface area contributed by atoms with Gasteiger partial charge in [-0.3, -0.25) is 10.1 Å². The molecule has 1 amide bonds. The predicted octanol–water partition coefficient (Wildman–Crippen LogP) is 2.37. The third-order valence-electron chi connectivity index (χ3n) is 3.71. The van der Waals surface area contributed by atoms with E-state index in [1.54, 1.807) is 11.3 Å². The minimum absolute atomic E-state index is 0.0425. The van der Waals surface area contributed by atoms with Crippen molar-refractivity contribution in [3.63, 3.8) is 0 Å². The number of nitrogens with one attached hydrogen (secondary N) is 1. The van der Waals surface area contributed by atoms with Crippen LogP contribution in [0.1, 0.15) is 37.9 Å². The van der Waals surface area contributed by atoms with Crippen LogP contribution >= 0.6 is 11.3 Å². The Balaban J connectivity index is 1.73. The molecule has 4 heteroatoms. The van der Waals surface area contributed by atoms with Gasteiger partial charge in [-0.05, 0) is 41.7 Å². The predicted molar refractivity (Wildman–Crippen MR) is 68.7 cm³/mol. The standard InChI is InChI=1S/C13H18N2OS/c1-9-13(16)15(6-4-10-2-3-10)12(14-9)11-5-7-17-8-11/h5,7-10,12,14H,2-4,6H2,1H3. The Morgan fingerprint density at radius 1 is 1.53 bits per heavy atom. The molecule has 1 aromatic rings. The summed E-state index contributed by atoms with van der Waals surface area (Å²) in [7, 11) is 0. The van der Waals surface area contributed by atoms with Crippen LogP contribution in [-0.4, -0.2) is 23.4 Å². The summed E-state index contributed by atoms with van der Waals surface area (Å²) >= 11 is 1.69. The maximum atomic E-state index is 12.1. The fourth-order valence-electron chi connectivity index (χ4n) is 2.45. The fourth-order valence-corrected chi connectivity index (χ4v) is 3.13. The van der Waals surface area contributed by atoms with E-state index in [1.165, 1.54) is 24.8 Å². The van der Waals surface area contributed by atoms with Crippen molar-refractivity contribution in [3.8, 4) is 0 Å². The van der Waals surface area contributed by atoms with E-state index in [-0.39, 0.29) is 18.1 Å². The first-order chi connectivity index (χ1) is 8.25. The van der Waals surface area contributed by atoms with Crippen LogP contribution in [-0.2, 0) is 4.79 Å². The number of thiophene rings is 1. The molecule has 0 radical (unpaired) electrons. The van der Waals surface area contributed by atoms with Gasteiger partial charge in [0.05, 0.1) is 6.04 Å². The molecule has 1 N–H and O–H groups in total. The topological polar surface area (TPSA) is 32.3 Å². The van der Waals surface area contributed by atoms with Crippen molar-refractivity contribution >= 4 is 17.2 Å². The average molecular weight is 250 g/mol. The van der Waals surface area contributed by atoms with Gasteiger partial charge in [0.15, 0.2) is 0 Å². The van der Waals surface area contributed by atoms with Gasteiger partial charge in [-0.2, -0.15) is 11.3 Å². The molecule has 1 saturated carbocycles. The second kappa shape index (κ2) is 4.42. The molecular weight excluding hydrogens is 232 g/mol. The Hall–Kier alpha value is -0.870. The average Bonchev–Trinajstić information content (AvgIpc) is 2.90. The minimum Gasteiger partial charge on any atom is -0.322 e. The lowest BCUT2D eigenvalue weighted by atomic mass is 10.2. The summed E-state index contributed by atoms with van der Waals surface area (Å²) in [6.45, 7) is 2.86. The maximum Gasteiger partial charge on any atom is 0.241 e. The molecule has 3 rings (SSSR count). The summed E-state index contributed by atoms with van der Waals surface area (Å²) in [5.41, 5.74) is 1.23. The van der Waals surface area contributed by atoms with E-state index < -0.39 is 0 Å². The normalized spacial score (nSPS) is 29.0. The summed E-state index contributed by atoms with van der Waals surface area (Å²) in [5.74, 6) is 1.13. The molecule has 1 aliphatic heterocycles. The van der Waals surface area contributed by atoms with E-state index in [2.05, 4.69) is 22.1 Å². The zero-order chi connectivity index (χ0) is 11.8. The zero-order valence-corrected chi connectivity index (χ0v) is 10.9. The molecule has 1 saturated heterocycles. The molecule has 0 spiro atoms. The first-order valence-corrected chi connectivity index (χ1v) is 7.28. The largest absolute Gasteiger partial charge is 0.322 e. The van der Waals surface area contributed by atoms with E-state index >= 15 is 0 Å². The van der Waals surface area contributed by atoms with Crippen molar-refractivity contribution in [1.82, 2.24) is 10.2 Å². The highest BCUT2D eigenvalue weighted by Crippen LogP contribution is 2.34. The van der Waals surface area contributed by atoms with E-state index in [1.807, 2.05) is 11.8 Å². The number of hydrogen-bond donors (Lipinski definition) is 1. The summed E-state index contributed by atoms with van der Waals surface area (Å²) in [5, 5.41) is 7.59. The van der Waals surface area contributed by atoms with Gasteiger partial charge in [-0.15, -0.1) is 0 Å². The first-order valence-electron chi connectivity index (χ1n) is 6.34. The van der Waals surface area contributed by atoms with E-state index in [4.69, 9.17) is 0 Å². The van der Waals surface area contributed by atoms with Crippen LogP contribution in [0.3, 0.4) is 0 Å². The van der Waals surface area contributed by atoms with Crippen LogP contribution in [0, 0.1) is 5.92 Å². The Labute approximate surface area is 106 Å². The molecule has 1 aromatic heterocycles. The van der Waals surface area contributed by atoms with Crippen LogP contribution in [0.25, 0.3) is 0 Å². The minimum atomic E-state index is -0.0425. The molecule has 17 heavy (non-hydrogen) atoms. The summed E-state index contributed by atoms with van der Waals surface area (Å²) in [6.07, 6.45) is 3.98. The van der Waals surface area contributed by atoms with Crippen molar-refractivity contribution < 1.29 is 4.79 Å². The molecule has 2 aliphatic rings. The number of carbonyl (C=O) groups is 1. The molecule has 2 unspecified atom stereocenters. The monoisotopic (exact) mass is 250 g/mol. The molecule has 0 aromatic carbocycles. The van der Waals surface area contributed by atoms with Gasteiger partial charge in [0, 0.05) is 6.54 Å². The van der Waals surface area contributed by atoms with Crippen LogP contribution in [0.4, 0.5) is 0 Å². The summed E-state index contributed by atoms with van der Waals surface area (Å²) in [6, 6.07) is 2.07. The molecule has 1 aliphatic carbocycles. The van der Waals surface area contributed by atoms with Gasteiger partial charge >= 0.3 is 0 Å². The van der Waals surface area contributed by atoms with Crippen LogP contribution in [0.5, 0.6) is 0 Å². The molecule has 3 nitrogen and oxygen atoms in total. The molecule has 2 atom stereocenters. The number of hydrogen-bond acceptors (Lipinski definition) is 3. The van der Waals surface area contributed by atoms with Crippen molar-refractivity contribution in [1.29, 1.82) is 0 Å². The SMILES string of the molecule is CC1NC(c2ccsc2)N(CCC2CC2)C1=O. The van der Waals surface area contributed by atoms with E-state index in [0.29, 0.717) is 0 Å². The lowest BCUT2D eigenvalue weighted by molar-refractivity contribution is -0.129. The molecule has 2 fully saturated rings. The molecular formula is C13H18N2OS. The zero-order valence-electron chi connectivity index (χ0n) is 10.1. The number of amides is 1. The molecule has 92 valence electrons. The van der Waals surface area contributed by atoms with Crippen molar-refractivity contribution in [2.24, 2.45) is 5.92 Å². The highest BCUT2D eigenvalue weighted by molar-refractivity contribution is 7.07. The van der Waals surface area contributed by atoms with Gasteiger partial charge in [0.1, 0.15) is 6.17 Å². The Kier molecular flexibility index (Phi) is 2.92. The van der Waals surface area contributed by atoms with E-state index in [0.717, 1.165) is 12.5 Å². The van der Waals surface area contributed by atoms with Gasteiger partial charge in [-0.1, -0.05) is 12.8 Å². The summed E-state index contributed by atoms with van der Waals surface area (Å²) in [4.78, 5) is 14.1. The lowest BCUT2D eigenvalue weighted by Crippen LogP contribution is -2.31. The van der Waals surface area contributed by atoms with Crippen LogP contribution in [0.15, 0.2) is 16.8 Å². The van der Waals surface area contributed by atoms with Crippen LogP contribution in [0.2, 0.25) is 0 Å². The van der Waals surface area contributed by atoms with Crippen molar-refractivity contribution in [2.75, 3.05) is 6.54 Å². The fraction of sp³-hybridized carbons (Fsp3) is 0.615. The molecule has 2 heterocycles. The number of nitrogens with zero attached hydrogens (tertiary/aromatic N) is 1. The number of carbonyl (C=O) groups excluding carboxylic acids is 1. The van der Waals surface area contributed by atoms with Crippen LogP contribution < -0.4 is 5.32 Å². The quantitative estimate of drug-likeness (QED) is 0.889. The van der Waals surface area contributed by atoms with Crippen molar-refractivity contribution in [3.05, 3.63) is 22.4 Å². The Morgan fingerprint density at radius 3 is 3.00 bits per heavy atom. The first kappa shape index (κ1) is 11.2. The van der Waals surface area contributed by atoms with Gasteiger partial charge in [0.25, 0.3) is 0 Å². The second-order valence-corrected chi connectivity index (χ2v) is 5.89. The maximum absolute atomic E-state index is 12.1. The smallest absolute Gasteiger partial charge is 0.241 e. The Bertz CT molecular complexity index is 400. The van der Waals surface area contributed by atoms with Gasteiger partial charge < -0.3 is 4.90 Å². The highest BCUT2D eigenvalue weighted by atomic mass is 32.1. The third-order valence-corrected chi connectivity index (χ3v) is 4.41. The lowest BCUT2D eigenvalue weighted by Gasteiger charge is -2.23. The van der Waals surface area contributed by atoms with Crippen molar-refractivity contribution in [2.45, 2.75) is 38.4 Å².